The van der Waals surface area contributed by atoms with E-state index in [4.69, 9.17) is 0 Å². The summed E-state index contributed by atoms with van der Waals surface area (Å²) in [6.45, 7) is 1.23. The quantitative estimate of drug-likeness (QED) is 0.906. The Hall–Kier alpha value is -1.44. The Morgan fingerprint density at radius 3 is 3.10 bits per heavy atom. The van der Waals surface area contributed by atoms with Crippen molar-refractivity contribution < 1.29 is 8.42 Å². The van der Waals surface area contributed by atoms with Crippen LogP contribution in [0.5, 0.6) is 0 Å². The molecule has 1 aliphatic heterocycles. The summed E-state index contributed by atoms with van der Waals surface area (Å²) in [6, 6.07) is 5.25. The predicted octanol–water partition coefficient (Wildman–Crippen LogP) is 1.98. The Morgan fingerprint density at radius 1 is 1.40 bits per heavy atom. The zero-order valence-electron chi connectivity index (χ0n) is 10.8. The summed E-state index contributed by atoms with van der Waals surface area (Å²) < 4.78 is 27.1. The highest BCUT2D eigenvalue weighted by Gasteiger charge is 2.17. The fourth-order valence-corrected chi connectivity index (χ4v) is 3.88. The minimum atomic E-state index is -3.47. The number of aryl methyl sites for hydroxylation is 1. The van der Waals surface area contributed by atoms with Crippen LogP contribution in [0.2, 0.25) is 0 Å². The largest absolute Gasteiger partial charge is 0.385 e. The number of nitrogens with one attached hydrogen (secondary N) is 2. The maximum atomic E-state index is 12.3. The van der Waals surface area contributed by atoms with Crippen molar-refractivity contribution >= 4 is 27.0 Å². The summed E-state index contributed by atoms with van der Waals surface area (Å²) in [4.78, 5) is 5.15. The number of anilines is 1. The lowest BCUT2D eigenvalue weighted by Crippen LogP contribution is -2.23. The Bertz CT molecular complexity index is 696. The molecular formula is C13H15N3O2S2. The fourth-order valence-electron chi connectivity index (χ4n) is 2.20. The third kappa shape index (κ3) is 2.84. The maximum absolute atomic E-state index is 12.3. The molecule has 0 fully saturated rings. The van der Waals surface area contributed by atoms with Crippen LogP contribution in [0.15, 0.2) is 34.8 Å². The Kier molecular flexibility index (Phi) is 3.73. The fraction of sp³-hybridized carbons (Fsp3) is 0.308. The second-order valence-corrected chi connectivity index (χ2v) is 7.38. The van der Waals surface area contributed by atoms with Gasteiger partial charge in [0, 0.05) is 29.9 Å². The van der Waals surface area contributed by atoms with Gasteiger partial charge >= 0.3 is 0 Å². The number of fused-ring (bicyclic) bond motifs is 1. The highest BCUT2D eigenvalue weighted by atomic mass is 32.2. The first-order chi connectivity index (χ1) is 9.65. The molecule has 1 aliphatic rings. The highest BCUT2D eigenvalue weighted by Crippen LogP contribution is 2.25. The van der Waals surface area contributed by atoms with Crippen molar-refractivity contribution in [2.24, 2.45) is 0 Å². The third-order valence-electron chi connectivity index (χ3n) is 3.25. The lowest BCUT2D eigenvalue weighted by molar-refractivity contribution is 0.581. The summed E-state index contributed by atoms with van der Waals surface area (Å²) >= 11 is 1.43. The minimum Gasteiger partial charge on any atom is -0.385 e. The number of rotatable bonds is 4. The van der Waals surface area contributed by atoms with Crippen molar-refractivity contribution in [2.75, 3.05) is 11.9 Å². The number of nitrogens with zero attached hydrogens (tertiary/aromatic N) is 1. The molecule has 2 heterocycles. The van der Waals surface area contributed by atoms with Gasteiger partial charge < -0.3 is 5.32 Å². The summed E-state index contributed by atoms with van der Waals surface area (Å²) in [5, 5.41) is 3.27. The molecule has 5 nitrogen and oxygen atoms in total. The van der Waals surface area contributed by atoms with E-state index in [-0.39, 0.29) is 6.54 Å². The summed E-state index contributed by atoms with van der Waals surface area (Å²) in [5.74, 6) is 0. The lowest BCUT2D eigenvalue weighted by atomic mass is 10.0. The molecule has 0 saturated heterocycles. The summed E-state index contributed by atoms with van der Waals surface area (Å²) in [6.07, 6.45) is 3.62. The van der Waals surface area contributed by atoms with Crippen molar-refractivity contribution in [1.82, 2.24) is 9.71 Å². The van der Waals surface area contributed by atoms with Crippen LogP contribution < -0.4 is 10.0 Å². The molecule has 3 rings (SSSR count). The third-order valence-corrected chi connectivity index (χ3v) is 5.42. The molecule has 0 aliphatic carbocycles. The molecule has 0 bridgehead atoms. The van der Waals surface area contributed by atoms with E-state index < -0.39 is 10.0 Å². The van der Waals surface area contributed by atoms with Crippen molar-refractivity contribution in [3.8, 4) is 0 Å². The zero-order chi connectivity index (χ0) is 14.0. The summed E-state index contributed by atoms with van der Waals surface area (Å²) in [5.41, 5.74) is 3.79. The molecule has 1 aromatic carbocycles. The van der Waals surface area contributed by atoms with Crippen LogP contribution in [0, 0.1) is 0 Å². The number of thiazole rings is 1. The molecule has 0 atom stereocenters. The average molecular weight is 309 g/mol. The van der Waals surface area contributed by atoms with Crippen molar-refractivity contribution in [1.29, 1.82) is 0 Å². The first-order valence-electron chi connectivity index (χ1n) is 6.39. The van der Waals surface area contributed by atoms with Crippen LogP contribution in [-0.4, -0.2) is 19.9 Å². The smallest absolute Gasteiger partial charge is 0.240 e. The van der Waals surface area contributed by atoms with Gasteiger partial charge in [-0.25, -0.2) is 13.1 Å². The first kappa shape index (κ1) is 13.5. The van der Waals surface area contributed by atoms with Crippen LogP contribution in [0.1, 0.15) is 16.9 Å². The van der Waals surface area contributed by atoms with Crippen LogP contribution in [-0.2, 0) is 23.0 Å². The van der Waals surface area contributed by atoms with Gasteiger partial charge in [-0.15, -0.1) is 11.3 Å². The van der Waals surface area contributed by atoms with Gasteiger partial charge in [0.1, 0.15) is 0 Å². The standard InChI is InChI=1S/C13H15N3O2S2/c17-20(18,16-8-11-7-14-9-19-11)12-3-4-13-10(6-12)2-1-5-15-13/h3-4,6-7,9,15-16H,1-2,5,8H2. The van der Waals surface area contributed by atoms with Gasteiger partial charge in [-0.05, 0) is 36.6 Å². The number of sulfonamides is 1. The van der Waals surface area contributed by atoms with Gasteiger partial charge in [0.25, 0.3) is 0 Å². The van der Waals surface area contributed by atoms with Crippen LogP contribution in [0.25, 0.3) is 0 Å². The van der Waals surface area contributed by atoms with Crippen molar-refractivity contribution in [3.05, 3.63) is 40.3 Å². The molecule has 2 aromatic rings. The molecule has 7 heteroatoms. The SMILES string of the molecule is O=S(=O)(NCc1cncs1)c1ccc2c(c1)CCCN2. The van der Waals surface area contributed by atoms with E-state index in [1.165, 1.54) is 11.3 Å². The molecule has 0 amide bonds. The van der Waals surface area contributed by atoms with E-state index >= 15 is 0 Å². The number of hydrogen-bond acceptors (Lipinski definition) is 5. The highest BCUT2D eigenvalue weighted by molar-refractivity contribution is 7.89. The second kappa shape index (κ2) is 5.51. The normalized spacial score (nSPS) is 14.6. The van der Waals surface area contributed by atoms with Gasteiger partial charge in [0.05, 0.1) is 10.4 Å². The molecule has 0 saturated carbocycles. The number of aromatic nitrogens is 1. The van der Waals surface area contributed by atoms with Gasteiger partial charge in [0.15, 0.2) is 0 Å². The van der Waals surface area contributed by atoms with Crippen LogP contribution in [0.3, 0.4) is 0 Å². The van der Waals surface area contributed by atoms with Crippen LogP contribution in [0.4, 0.5) is 5.69 Å². The molecule has 0 spiro atoms. The molecule has 20 heavy (non-hydrogen) atoms. The number of benzene rings is 1. The molecule has 0 radical (unpaired) electrons. The molecular weight excluding hydrogens is 294 g/mol. The Morgan fingerprint density at radius 2 is 2.30 bits per heavy atom. The van der Waals surface area contributed by atoms with E-state index in [0.717, 1.165) is 35.5 Å². The van der Waals surface area contributed by atoms with Crippen molar-refractivity contribution in [2.45, 2.75) is 24.3 Å². The minimum absolute atomic E-state index is 0.280. The van der Waals surface area contributed by atoms with E-state index in [9.17, 15) is 8.42 Å². The molecule has 1 aromatic heterocycles. The van der Waals surface area contributed by atoms with Gasteiger partial charge in [-0.1, -0.05) is 0 Å². The monoisotopic (exact) mass is 309 g/mol. The number of hydrogen-bond donors (Lipinski definition) is 2. The maximum Gasteiger partial charge on any atom is 0.240 e. The lowest BCUT2D eigenvalue weighted by Gasteiger charge is -2.18. The first-order valence-corrected chi connectivity index (χ1v) is 8.75. The average Bonchev–Trinajstić information content (AvgIpc) is 2.98. The van der Waals surface area contributed by atoms with Crippen molar-refractivity contribution in [3.63, 3.8) is 0 Å². The van der Waals surface area contributed by atoms with E-state index in [1.807, 2.05) is 6.07 Å². The summed E-state index contributed by atoms with van der Waals surface area (Å²) in [7, 11) is -3.47. The molecule has 2 N–H and O–H groups in total. The molecule has 0 unspecified atom stereocenters. The molecule has 106 valence electrons. The van der Waals surface area contributed by atoms with Gasteiger partial charge in [-0.2, -0.15) is 0 Å². The predicted molar refractivity (Wildman–Crippen MR) is 79.4 cm³/mol. The van der Waals surface area contributed by atoms with Gasteiger partial charge in [-0.3, -0.25) is 4.98 Å². The zero-order valence-corrected chi connectivity index (χ0v) is 12.4. The Balaban J connectivity index is 1.80. The second-order valence-electron chi connectivity index (χ2n) is 4.64. The van der Waals surface area contributed by atoms with E-state index in [0.29, 0.717) is 4.90 Å². The van der Waals surface area contributed by atoms with E-state index in [2.05, 4.69) is 15.0 Å². The Labute approximate surface area is 122 Å². The van der Waals surface area contributed by atoms with Crippen LogP contribution >= 0.6 is 11.3 Å². The topological polar surface area (TPSA) is 71.1 Å². The van der Waals surface area contributed by atoms with Gasteiger partial charge in [0.2, 0.25) is 10.0 Å². The van der Waals surface area contributed by atoms with E-state index in [1.54, 1.807) is 23.8 Å².